The molecular weight excluding hydrogens is 204 g/mol. The van der Waals surface area contributed by atoms with Gasteiger partial charge in [-0.05, 0) is 32.6 Å². The zero-order valence-electron chi connectivity index (χ0n) is 9.49. The first-order valence-electron chi connectivity index (χ1n) is 5.73. The average molecular weight is 222 g/mol. The number of hydrogen-bond acceptors (Lipinski definition) is 3. The summed E-state index contributed by atoms with van der Waals surface area (Å²) >= 11 is 0. The van der Waals surface area contributed by atoms with Gasteiger partial charge in [0.15, 0.2) is 0 Å². The highest BCUT2D eigenvalue weighted by molar-refractivity contribution is 5.93. The molecule has 1 aliphatic carbocycles. The third kappa shape index (κ3) is 2.41. The summed E-state index contributed by atoms with van der Waals surface area (Å²) in [6.45, 7) is 1.85. The van der Waals surface area contributed by atoms with E-state index in [2.05, 4.69) is 15.3 Å². The minimum Gasteiger partial charge on any atom is -0.348 e. The Morgan fingerprint density at radius 2 is 2.19 bits per heavy atom. The maximum Gasteiger partial charge on any atom is 0.271 e. The molecule has 0 spiro atoms. The van der Waals surface area contributed by atoms with Crippen LogP contribution in [0.5, 0.6) is 0 Å². The molecule has 1 aromatic heterocycles. The molecule has 5 nitrogen and oxygen atoms in total. The third-order valence-electron chi connectivity index (χ3n) is 3.15. The van der Waals surface area contributed by atoms with Crippen molar-refractivity contribution < 1.29 is 4.79 Å². The number of nitrogens with one attached hydrogen (secondary N) is 2. The Morgan fingerprint density at radius 1 is 1.50 bits per heavy atom. The summed E-state index contributed by atoms with van der Waals surface area (Å²) < 4.78 is 0. The van der Waals surface area contributed by atoms with E-state index in [1.165, 1.54) is 0 Å². The number of aromatic amines is 1. The van der Waals surface area contributed by atoms with Gasteiger partial charge in [-0.25, -0.2) is 4.98 Å². The molecular formula is C11H18N4O. The maximum absolute atomic E-state index is 11.9. The van der Waals surface area contributed by atoms with Crippen LogP contribution in [-0.2, 0) is 0 Å². The van der Waals surface area contributed by atoms with Gasteiger partial charge in [0.1, 0.15) is 5.69 Å². The lowest BCUT2D eigenvalue weighted by Gasteiger charge is -2.26. The average Bonchev–Trinajstić information content (AvgIpc) is 2.68. The van der Waals surface area contributed by atoms with Crippen LogP contribution in [-0.4, -0.2) is 28.0 Å². The highest BCUT2D eigenvalue weighted by Gasteiger charge is 2.21. The molecule has 2 rings (SSSR count). The Hall–Kier alpha value is -1.36. The van der Waals surface area contributed by atoms with Crippen molar-refractivity contribution in [2.24, 2.45) is 5.73 Å². The van der Waals surface area contributed by atoms with E-state index in [1.54, 1.807) is 6.33 Å². The van der Waals surface area contributed by atoms with E-state index in [9.17, 15) is 4.79 Å². The lowest BCUT2D eigenvalue weighted by molar-refractivity contribution is 0.0920. The fraction of sp³-hybridized carbons (Fsp3) is 0.636. The van der Waals surface area contributed by atoms with Crippen LogP contribution in [0.25, 0.3) is 0 Å². The molecule has 1 amide bonds. The summed E-state index contributed by atoms with van der Waals surface area (Å²) in [5.41, 5.74) is 7.12. The van der Waals surface area contributed by atoms with Crippen LogP contribution in [0.3, 0.4) is 0 Å². The predicted molar refractivity (Wildman–Crippen MR) is 61.0 cm³/mol. The number of nitrogens with two attached hydrogens (primary N) is 1. The molecule has 0 aliphatic heterocycles. The highest BCUT2D eigenvalue weighted by atomic mass is 16.2. The Balaban J connectivity index is 1.91. The van der Waals surface area contributed by atoms with Crippen LogP contribution >= 0.6 is 0 Å². The van der Waals surface area contributed by atoms with Gasteiger partial charge in [0.2, 0.25) is 0 Å². The first-order chi connectivity index (χ1) is 7.66. The van der Waals surface area contributed by atoms with Crippen LogP contribution in [0.15, 0.2) is 6.33 Å². The van der Waals surface area contributed by atoms with E-state index in [0.29, 0.717) is 11.7 Å². The second-order valence-corrected chi connectivity index (χ2v) is 4.46. The quantitative estimate of drug-likeness (QED) is 0.689. The Kier molecular flexibility index (Phi) is 3.24. The zero-order valence-corrected chi connectivity index (χ0v) is 9.49. The molecule has 1 heterocycles. The molecule has 0 unspecified atom stereocenters. The SMILES string of the molecule is Cc1[nH]cnc1C(=O)NC1CCC(N)CC1. The van der Waals surface area contributed by atoms with Crippen LogP contribution < -0.4 is 11.1 Å². The Bertz CT molecular complexity index is 366. The van der Waals surface area contributed by atoms with E-state index in [-0.39, 0.29) is 11.9 Å². The Labute approximate surface area is 94.8 Å². The summed E-state index contributed by atoms with van der Waals surface area (Å²) in [4.78, 5) is 18.8. The topological polar surface area (TPSA) is 83.8 Å². The molecule has 88 valence electrons. The maximum atomic E-state index is 11.9. The van der Waals surface area contributed by atoms with E-state index < -0.39 is 0 Å². The molecule has 0 saturated heterocycles. The van der Waals surface area contributed by atoms with Crippen molar-refractivity contribution >= 4 is 5.91 Å². The largest absolute Gasteiger partial charge is 0.348 e. The summed E-state index contributed by atoms with van der Waals surface area (Å²) in [7, 11) is 0. The third-order valence-corrected chi connectivity index (χ3v) is 3.15. The summed E-state index contributed by atoms with van der Waals surface area (Å²) in [5, 5.41) is 3.01. The second-order valence-electron chi connectivity index (χ2n) is 4.46. The number of aromatic nitrogens is 2. The molecule has 16 heavy (non-hydrogen) atoms. The van der Waals surface area contributed by atoms with Crippen molar-refractivity contribution in [2.45, 2.75) is 44.7 Å². The van der Waals surface area contributed by atoms with Gasteiger partial charge in [-0.1, -0.05) is 0 Å². The van der Waals surface area contributed by atoms with Crippen LogP contribution in [0, 0.1) is 6.92 Å². The van der Waals surface area contributed by atoms with Crippen molar-refractivity contribution in [3.8, 4) is 0 Å². The molecule has 1 aromatic rings. The molecule has 5 heteroatoms. The number of carbonyl (C=O) groups excluding carboxylic acids is 1. The summed E-state index contributed by atoms with van der Waals surface area (Å²) in [5.74, 6) is -0.0841. The molecule has 0 radical (unpaired) electrons. The van der Waals surface area contributed by atoms with E-state index in [0.717, 1.165) is 31.4 Å². The lowest BCUT2D eigenvalue weighted by atomic mass is 9.92. The summed E-state index contributed by atoms with van der Waals surface area (Å²) in [6.07, 6.45) is 5.46. The minimum atomic E-state index is -0.0841. The standard InChI is InChI=1S/C11H18N4O/c1-7-10(14-6-13-7)11(16)15-9-4-2-8(12)3-5-9/h6,8-9H,2-5,12H2,1H3,(H,13,14)(H,15,16). The molecule has 0 atom stereocenters. The molecule has 1 aliphatic rings. The number of amides is 1. The van der Waals surface area contributed by atoms with Gasteiger partial charge in [-0.3, -0.25) is 4.79 Å². The fourth-order valence-corrected chi connectivity index (χ4v) is 2.11. The van der Waals surface area contributed by atoms with Crippen LogP contribution in [0.4, 0.5) is 0 Å². The second kappa shape index (κ2) is 4.65. The number of hydrogen-bond donors (Lipinski definition) is 3. The monoisotopic (exact) mass is 222 g/mol. The fourth-order valence-electron chi connectivity index (χ4n) is 2.11. The number of carbonyl (C=O) groups is 1. The van der Waals surface area contributed by atoms with Crippen molar-refractivity contribution in [3.05, 3.63) is 17.7 Å². The van der Waals surface area contributed by atoms with Crippen molar-refractivity contribution in [1.82, 2.24) is 15.3 Å². The minimum absolute atomic E-state index is 0.0841. The van der Waals surface area contributed by atoms with E-state index in [1.807, 2.05) is 6.92 Å². The lowest BCUT2D eigenvalue weighted by Crippen LogP contribution is -2.40. The number of imidazole rings is 1. The predicted octanol–water partition coefficient (Wildman–Crippen LogP) is 0.718. The van der Waals surface area contributed by atoms with Gasteiger partial charge in [0.05, 0.1) is 6.33 Å². The van der Waals surface area contributed by atoms with E-state index in [4.69, 9.17) is 5.73 Å². The number of H-pyrrole nitrogens is 1. The molecule has 4 N–H and O–H groups in total. The molecule has 1 fully saturated rings. The number of nitrogens with zero attached hydrogens (tertiary/aromatic N) is 1. The molecule has 0 aromatic carbocycles. The normalized spacial score (nSPS) is 25.4. The smallest absolute Gasteiger partial charge is 0.271 e. The molecule has 1 saturated carbocycles. The zero-order chi connectivity index (χ0) is 11.5. The van der Waals surface area contributed by atoms with Gasteiger partial charge in [-0.15, -0.1) is 0 Å². The van der Waals surface area contributed by atoms with Crippen LogP contribution in [0.1, 0.15) is 41.9 Å². The van der Waals surface area contributed by atoms with E-state index >= 15 is 0 Å². The van der Waals surface area contributed by atoms with Gasteiger partial charge < -0.3 is 16.0 Å². The summed E-state index contributed by atoms with van der Waals surface area (Å²) in [6, 6.07) is 0.559. The number of aryl methyl sites for hydroxylation is 1. The van der Waals surface area contributed by atoms with Crippen molar-refractivity contribution in [1.29, 1.82) is 0 Å². The highest BCUT2D eigenvalue weighted by Crippen LogP contribution is 2.17. The Morgan fingerprint density at radius 3 is 2.75 bits per heavy atom. The van der Waals surface area contributed by atoms with Gasteiger partial charge in [-0.2, -0.15) is 0 Å². The molecule has 0 bridgehead atoms. The van der Waals surface area contributed by atoms with Gasteiger partial charge in [0.25, 0.3) is 5.91 Å². The number of rotatable bonds is 2. The van der Waals surface area contributed by atoms with Crippen molar-refractivity contribution in [3.63, 3.8) is 0 Å². The van der Waals surface area contributed by atoms with Crippen molar-refractivity contribution in [2.75, 3.05) is 0 Å². The first-order valence-corrected chi connectivity index (χ1v) is 5.73. The van der Waals surface area contributed by atoms with Gasteiger partial charge >= 0.3 is 0 Å². The van der Waals surface area contributed by atoms with Gasteiger partial charge in [0, 0.05) is 17.8 Å². The first kappa shape index (κ1) is 11.1. The van der Waals surface area contributed by atoms with Crippen LogP contribution in [0.2, 0.25) is 0 Å².